The summed E-state index contributed by atoms with van der Waals surface area (Å²) in [4.78, 5) is 20.3. The van der Waals surface area contributed by atoms with Gasteiger partial charge in [-0.1, -0.05) is 6.42 Å². The van der Waals surface area contributed by atoms with Crippen molar-refractivity contribution in [2.45, 2.75) is 26.2 Å². The minimum Gasteiger partial charge on any atom is -0.368 e. The van der Waals surface area contributed by atoms with Crippen molar-refractivity contribution in [1.29, 1.82) is 0 Å². The number of nitrogens with zero attached hydrogens (tertiary/aromatic N) is 4. The molecule has 1 aromatic rings. The van der Waals surface area contributed by atoms with Gasteiger partial charge < -0.3 is 10.6 Å². The minimum absolute atomic E-state index is 0.0500. The predicted octanol–water partition coefficient (Wildman–Crippen LogP) is 1.51. The Morgan fingerprint density at radius 3 is 2.67 bits per heavy atom. The fraction of sp³-hybridized carbons (Fsp3) is 0.636. The number of hydrogen-bond acceptors (Lipinski definition) is 6. The highest BCUT2D eigenvalue weighted by Gasteiger charge is 2.27. The van der Waals surface area contributed by atoms with Crippen LogP contribution in [0.2, 0.25) is 0 Å². The second-order valence-electron chi connectivity index (χ2n) is 4.77. The second-order valence-corrected chi connectivity index (χ2v) is 4.77. The Bertz CT molecular complexity index is 473. The molecule has 1 aliphatic rings. The highest BCUT2D eigenvalue weighted by molar-refractivity contribution is 5.61. The fourth-order valence-corrected chi connectivity index (χ4v) is 2.20. The van der Waals surface area contributed by atoms with Gasteiger partial charge in [0.15, 0.2) is 0 Å². The Balaban J connectivity index is 2.31. The molecule has 0 spiro atoms. The first kappa shape index (κ1) is 12.5. The van der Waals surface area contributed by atoms with Crippen LogP contribution in [0.5, 0.6) is 0 Å². The first-order valence-corrected chi connectivity index (χ1v) is 5.98. The lowest BCUT2D eigenvalue weighted by molar-refractivity contribution is -0.385. The van der Waals surface area contributed by atoms with Crippen LogP contribution in [-0.4, -0.2) is 28.5 Å². The number of aromatic nitrogens is 2. The highest BCUT2D eigenvalue weighted by atomic mass is 16.6. The molecule has 98 valence electrons. The minimum atomic E-state index is -0.443. The van der Waals surface area contributed by atoms with E-state index in [1.54, 1.807) is 6.92 Å². The first-order chi connectivity index (χ1) is 8.49. The zero-order valence-corrected chi connectivity index (χ0v) is 10.6. The molecule has 1 fully saturated rings. The van der Waals surface area contributed by atoms with Gasteiger partial charge in [-0.3, -0.25) is 10.1 Å². The average molecular weight is 251 g/mol. The molecule has 1 aliphatic carbocycles. The van der Waals surface area contributed by atoms with Crippen molar-refractivity contribution in [2.24, 2.45) is 5.92 Å². The van der Waals surface area contributed by atoms with E-state index in [1.165, 1.54) is 19.3 Å². The highest BCUT2D eigenvalue weighted by Crippen LogP contribution is 2.32. The normalized spacial score (nSPS) is 15.2. The van der Waals surface area contributed by atoms with Gasteiger partial charge in [0.05, 0.1) is 4.92 Å². The third kappa shape index (κ3) is 2.34. The lowest BCUT2D eigenvalue weighted by Gasteiger charge is -2.30. The number of aryl methyl sites for hydroxylation is 1. The van der Waals surface area contributed by atoms with Gasteiger partial charge >= 0.3 is 5.69 Å². The molecular weight excluding hydrogens is 234 g/mol. The van der Waals surface area contributed by atoms with Crippen LogP contribution in [0.25, 0.3) is 0 Å². The van der Waals surface area contributed by atoms with Crippen LogP contribution in [0, 0.1) is 23.0 Å². The summed E-state index contributed by atoms with van der Waals surface area (Å²) >= 11 is 0. The molecule has 0 aliphatic heterocycles. The van der Waals surface area contributed by atoms with Crippen molar-refractivity contribution in [3.8, 4) is 0 Å². The zero-order valence-electron chi connectivity index (χ0n) is 10.6. The molecule has 0 radical (unpaired) electrons. The van der Waals surface area contributed by atoms with Crippen molar-refractivity contribution in [3.63, 3.8) is 0 Å². The molecule has 0 aromatic carbocycles. The molecule has 7 nitrogen and oxygen atoms in total. The maximum Gasteiger partial charge on any atom is 0.332 e. The predicted molar refractivity (Wildman–Crippen MR) is 68.4 cm³/mol. The van der Waals surface area contributed by atoms with Crippen LogP contribution >= 0.6 is 0 Å². The molecule has 2 rings (SSSR count). The topological polar surface area (TPSA) is 98.2 Å². The van der Waals surface area contributed by atoms with E-state index in [-0.39, 0.29) is 11.6 Å². The monoisotopic (exact) mass is 251 g/mol. The maximum absolute atomic E-state index is 11.1. The van der Waals surface area contributed by atoms with Crippen LogP contribution in [0.3, 0.4) is 0 Å². The molecule has 0 amide bonds. The molecule has 1 heterocycles. The number of hydrogen-bond donors (Lipinski definition) is 1. The van der Waals surface area contributed by atoms with Gasteiger partial charge in [-0.25, -0.2) is 4.98 Å². The van der Waals surface area contributed by atoms with E-state index in [0.717, 1.165) is 6.54 Å². The fourth-order valence-electron chi connectivity index (χ4n) is 2.20. The van der Waals surface area contributed by atoms with E-state index in [9.17, 15) is 10.1 Å². The molecule has 0 unspecified atom stereocenters. The second kappa shape index (κ2) is 4.75. The van der Waals surface area contributed by atoms with E-state index in [2.05, 4.69) is 9.97 Å². The van der Waals surface area contributed by atoms with Gasteiger partial charge in [0, 0.05) is 13.6 Å². The molecule has 2 N–H and O–H groups in total. The summed E-state index contributed by atoms with van der Waals surface area (Å²) < 4.78 is 0. The van der Waals surface area contributed by atoms with Crippen molar-refractivity contribution in [3.05, 3.63) is 15.8 Å². The molecular formula is C11H17N5O2. The smallest absolute Gasteiger partial charge is 0.332 e. The Hall–Kier alpha value is -1.92. The summed E-state index contributed by atoms with van der Waals surface area (Å²) in [5.74, 6) is 0.997. The number of nitrogens with two attached hydrogens (primary N) is 1. The van der Waals surface area contributed by atoms with Gasteiger partial charge in [0.2, 0.25) is 11.8 Å². The Kier molecular flexibility index (Phi) is 3.31. The third-order valence-corrected chi connectivity index (χ3v) is 3.36. The first-order valence-electron chi connectivity index (χ1n) is 5.98. The van der Waals surface area contributed by atoms with E-state index >= 15 is 0 Å². The standard InChI is InChI=1S/C11H17N5O2/c1-7-9(16(17)18)10(14-11(12)13-7)15(2)6-8-4-3-5-8/h8H,3-6H2,1-2H3,(H2,12,13,14). The van der Waals surface area contributed by atoms with Crippen molar-refractivity contribution in [2.75, 3.05) is 24.2 Å². The third-order valence-electron chi connectivity index (χ3n) is 3.36. The van der Waals surface area contributed by atoms with Crippen molar-refractivity contribution >= 4 is 17.5 Å². The van der Waals surface area contributed by atoms with Gasteiger partial charge in [-0.05, 0) is 25.7 Å². The van der Waals surface area contributed by atoms with E-state index in [4.69, 9.17) is 5.73 Å². The summed E-state index contributed by atoms with van der Waals surface area (Å²) in [5.41, 5.74) is 5.83. The van der Waals surface area contributed by atoms with Gasteiger partial charge in [0.25, 0.3) is 0 Å². The molecule has 0 bridgehead atoms. The summed E-state index contributed by atoms with van der Waals surface area (Å²) in [6, 6.07) is 0. The number of nitrogen functional groups attached to an aromatic ring is 1. The van der Waals surface area contributed by atoms with Crippen molar-refractivity contribution in [1.82, 2.24) is 9.97 Å². The summed E-state index contributed by atoms with van der Waals surface area (Å²) in [7, 11) is 1.81. The van der Waals surface area contributed by atoms with Crippen LogP contribution in [-0.2, 0) is 0 Å². The SMILES string of the molecule is Cc1nc(N)nc(N(C)CC2CCC2)c1[N+](=O)[O-]. The van der Waals surface area contributed by atoms with E-state index in [1.807, 2.05) is 11.9 Å². The molecule has 0 saturated heterocycles. The Morgan fingerprint density at radius 1 is 1.50 bits per heavy atom. The molecule has 1 aromatic heterocycles. The van der Waals surface area contributed by atoms with Crippen LogP contribution < -0.4 is 10.6 Å². The summed E-state index contributed by atoms with van der Waals surface area (Å²) in [6.45, 7) is 2.35. The number of rotatable bonds is 4. The Labute approximate surface area is 105 Å². The average Bonchev–Trinajstić information content (AvgIpc) is 2.21. The zero-order chi connectivity index (χ0) is 13.3. The summed E-state index contributed by atoms with van der Waals surface area (Å²) in [5, 5.41) is 11.1. The van der Waals surface area contributed by atoms with E-state index in [0.29, 0.717) is 17.4 Å². The van der Waals surface area contributed by atoms with Gasteiger partial charge in [0.1, 0.15) is 5.69 Å². The summed E-state index contributed by atoms with van der Waals surface area (Å²) in [6.07, 6.45) is 3.60. The van der Waals surface area contributed by atoms with Gasteiger partial charge in [-0.15, -0.1) is 0 Å². The van der Waals surface area contributed by atoms with Crippen LogP contribution in [0.1, 0.15) is 25.0 Å². The maximum atomic E-state index is 11.1. The van der Waals surface area contributed by atoms with E-state index < -0.39 is 4.92 Å². The molecule has 7 heteroatoms. The largest absolute Gasteiger partial charge is 0.368 e. The van der Waals surface area contributed by atoms with Gasteiger partial charge in [-0.2, -0.15) is 4.98 Å². The number of nitro groups is 1. The molecule has 0 atom stereocenters. The molecule has 18 heavy (non-hydrogen) atoms. The Morgan fingerprint density at radius 2 is 2.17 bits per heavy atom. The van der Waals surface area contributed by atoms with Crippen LogP contribution in [0.15, 0.2) is 0 Å². The van der Waals surface area contributed by atoms with Crippen molar-refractivity contribution < 1.29 is 4.92 Å². The van der Waals surface area contributed by atoms with Crippen LogP contribution in [0.4, 0.5) is 17.5 Å². The quantitative estimate of drug-likeness (QED) is 0.643. The number of anilines is 2. The lowest BCUT2D eigenvalue weighted by Crippen LogP contribution is -2.30. The molecule has 1 saturated carbocycles. The lowest BCUT2D eigenvalue weighted by atomic mass is 9.85.